The van der Waals surface area contributed by atoms with Crippen LogP contribution >= 0.6 is 11.6 Å². The van der Waals surface area contributed by atoms with Gasteiger partial charge in [0.1, 0.15) is 0 Å². The maximum atomic E-state index is 12.6. The van der Waals surface area contributed by atoms with Crippen molar-refractivity contribution >= 4 is 23.6 Å². The first-order valence-electron chi connectivity index (χ1n) is 7.92. The molecule has 0 aromatic heterocycles. The van der Waals surface area contributed by atoms with Crippen LogP contribution in [0.2, 0.25) is 5.02 Å². The number of rotatable bonds is 4. The van der Waals surface area contributed by atoms with E-state index >= 15 is 0 Å². The van der Waals surface area contributed by atoms with Crippen LogP contribution < -0.4 is 9.47 Å². The number of carbonyl (C=O) groups is 1. The molecule has 0 radical (unpaired) electrons. The van der Waals surface area contributed by atoms with Gasteiger partial charge in [0.05, 0.1) is 10.6 Å². The third-order valence-electron chi connectivity index (χ3n) is 3.95. The normalized spacial score (nSPS) is 13.2. The molecule has 142 valence electrons. The van der Waals surface area contributed by atoms with Crippen molar-refractivity contribution in [3.05, 3.63) is 64.2 Å². The van der Waals surface area contributed by atoms with Crippen molar-refractivity contribution in [3.8, 4) is 11.5 Å². The zero-order chi connectivity index (χ0) is 19.6. The Labute approximate surface area is 158 Å². The Morgan fingerprint density at radius 2 is 1.93 bits per heavy atom. The van der Waals surface area contributed by atoms with Gasteiger partial charge >= 0.3 is 6.18 Å². The first-order chi connectivity index (χ1) is 12.7. The molecule has 0 fully saturated rings. The highest BCUT2D eigenvalue weighted by atomic mass is 35.5. The molecular formula is C19H15ClF3NO3. The number of halogens is 4. The predicted octanol–water partition coefficient (Wildman–Crippen LogP) is 4.76. The molecule has 0 saturated carbocycles. The van der Waals surface area contributed by atoms with Crippen LogP contribution in [0.1, 0.15) is 16.7 Å². The Kier molecular flexibility index (Phi) is 5.32. The van der Waals surface area contributed by atoms with Crippen LogP contribution in [0.3, 0.4) is 0 Å². The fourth-order valence-electron chi connectivity index (χ4n) is 2.53. The fourth-order valence-corrected chi connectivity index (χ4v) is 2.80. The van der Waals surface area contributed by atoms with E-state index in [0.717, 1.165) is 12.1 Å². The van der Waals surface area contributed by atoms with Crippen LogP contribution in [0.4, 0.5) is 13.2 Å². The molecule has 0 unspecified atom stereocenters. The van der Waals surface area contributed by atoms with E-state index < -0.39 is 11.7 Å². The summed E-state index contributed by atoms with van der Waals surface area (Å²) in [4.78, 5) is 13.6. The van der Waals surface area contributed by atoms with E-state index in [2.05, 4.69) is 0 Å². The molecule has 8 heteroatoms. The lowest BCUT2D eigenvalue weighted by Crippen LogP contribution is -2.24. The largest absolute Gasteiger partial charge is 0.454 e. The van der Waals surface area contributed by atoms with Gasteiger partial charge in [-0.1, -0.05) is 23.7 Å². The molecule has 3 rings (SSSR count). The molecule has 0 atom stereocenters. The van der Waals surface area contributed by atoms with Gasteiger partial charge in [0.25, 0.3) is 0 Å². The van der Waals surface area contributed by atoms with Crippen LogP contribution in [0, 0.1) is 0 Å². The minimum Gasteiger partial charge on any atom is -0.454 e. The summed E-state index contributed by atoms with van der Waals surface area (Å²) in [5.41, 5.74) is 0.540. The first-order valence-corrected chi connectivity index (χ1v) is 8.30. The van der Waals surface area contributed by atoms with Gasteiger partial charge < -0.3 is 14.4 Å². The molecule has 0 N–H and O–H groups in total. The van der Waals surface area contributed by atoms with Crippen LogP contribution in [-0.4, -0.2) is 24.6 Å². The highest BCUT2D eigenvalue weighted by Crippen LogP contribution is 2.40. The maximum absolute atomic E-state index is 12.6. The molecular weight excluding hydrogens is 383 g/mol. The second kappa shape index (κ2) is 7.52. The smallest absolute Gasteiger partial charge is 0.416 e. The Morgan fingerprint density at radius 1 is 1.22 bits per heavy atom. The molecule has 0 saturated heterocycles. The fraction of sp³-hybridized carbons (Fsp3) is 0.211. The van der Waals surface area contributed by atoms with E-state index in [1.165, 1.54) is 23.1 Å². The number of amides is 1. The van der Waals surface area contributed by atoms with Crippen molar-refractivity contribution in [2.45, 2.75) is 12.7 Å². The van der Waals surface area contributed by atoms with Gasteiger partial charge in [-0.2, -0.15) is 13.2 Å². The third kappa shape index (κ3) is 4.54. The van der Waals surface area contributed by atoms with Gasteiger partial charge in [0, 0.05) is 19.7 Å². The maximum Gasteiger partial charge on any atom is 0.416 e. The van der Waals surface area contributed by atoms with Gasteiger partial charge in [-0.15, -0.1) is 0 Å². The van der Waals surface area contributed by atoms with Gasteiger partial charge in [-0.3, -0.25) is 4.79 Å². The minimum absolute atomic E-state index is 0.0943. The number of alkyl halides is 3. The van der Waals surface area contributed by atoms with Crippen LogP contribution in [-0.2, 0) is 17.5 Å². The summed E-state index contributed by atoms with van der Waals surface area (Å²) >= 11 is 6.09. The molecule has 1 amide bonds. The van der Waals surface area contributed by atoms with E-state index in [1.807, 2.05) is 0 Å². The SMILES string of the molecule is CN(Cc1ccc(C(F)(F)F)cc1)C(=O)/C=C/c1cc(Cl)c2c(c1)OCO2. The lowest BCUT2D eigenvalue weighted by Gasteiger charge is -2.16. The minimum atomic E-state index is -4.38. The number of nitrogens with zero attached hydrogens (tertiary/aromatic N) is 1. The second-order valence-electron chi connectivity index (χ2n) is 5.96. The Morgan fingerprint density at radius 3 is 2.59 bits per heavy atom. The summed E-state index contributed by atoms with van der Waals surface area (Å²) in [5.74, 6) is 0.677. The molecule has 2 aromatic carbocycles. The van der Waals surface area contributed by atoms with Gasteiger partial charge in [-0.25, -0.2) is 0 Å². The summed E-state index contributed by atoms with van der Waals surface area (Å²) < 4.78 is 48.2. The number of ether oxygens (including phenoxy) is 2. The lowest BCUT2D eigenvalue weighted by molar-refractivity contribution is -0.137. The molecule has 0 bridgehead atoms. The van der Waals surface area contributed by atoms with E-state index in [1.54, 1.807) is 25.3 Å². The van der Waals surface area contributed by atoms with Crippen LogP contribution in [0.15, 0.2) is 42.5 Å². The molecule has 2 aromatic rings. The average Bonchev–Trinajstić information content (AvgIpc) is 3.08. The number of benzene rings is 2. The Hall–Kier alpha value is -2.67. The van der Waals surface area contributed by atoms with E-state index in [0.29, 0.717) is 27.6 Å². The number of likely N-dealkylation sites (N-methyl/N-ethyl adjacent to an activating group) is 1. The highest BCUT2D eigenvalue weighted by Gasteiger charge is 2.30. The monoisotopic (exact) mass is 397 g/mol. The number of carbonyl (C=O) groups excluding carboxylic acids is 1. The second-order valence-corrected chi connectivity index (χ2v) is 6.37. The van der Waals surface area contributed by atoms with Gasteiger partial charge in [0.2, 0.25) is 12.7 Å². The highest BCUT2D eigenvalue weighted by molar-refractivity contribution is 6.32. The van der Waals surface area contributed by atoms with Gasteiger partial charge in [-0.05, 0) is 41.5 Å². The Balaban J connectivity index is 1.64. The summed E-state index contributed by atoms with van der Waals surface area (Å²) in [6.45, 7) is 0.278. The van der Waals surface area contributed by atoms with E-state index in [9.17, 15) is 18.0 Å². The van der Waals surface area contributed by atoms with E-state index in [-0.39, 0.29) is 19.2 Å². The van der Waals surface area contributed by atoms with Crippen molar-refractivity contribution in [2.24, 2.45) is 0 Å². The molecule has 1 heterocycles. The number of hydrogen-bond donors (Lipinski definition) is 0. The summed E-state index contributed by atoms with van der Waals surface area (Å²) in [6.07, 6.45) is -1.44. The molecule has 4 nitrogen and oxygen atoms in total. The summed E-state index contributed by atoms with van der Waals surface area (Å²) in [6, 6.07) is 8.06. The average molecular weight is 398 g/mol. The van der Waals surface area contributed by atoms with Crippen molar-refractivity contribution < 1.29 is 27.4 Å². The van der Waals surface area contributed by atoms with Crippen molar-refractivity contribution in [3.63, 3.8) is 0 Å². The van der Waals surface area contributed by atoms with Crippen LogP contribution in [0.5, 0.6) is 11.5 Å². The molecule has 1 aliphatic rings. The summed E-state index contributed by atoms with van der Waals surface area (Å²) in [5, 5.41) is 0.384. The van der Waals surface area contributed by atoms with Crippen molar-refractivity contribution in [1.29, 1.82) is 0 Å². The zero-order valence-electron chi connectivity index (χ0n) is 14.2. The van der Waals surface area contributed by atoms with Crippen molar-refractivity contribution in [1.82, 2.24) is 4.90 Å². The quantitative estimate of drug-likeness (QED) is 0.698. The Bertz CT molecular complexity index is 879. The first kappa shape index (κ1) is 19.1. The topological polar surface area (TPSA) is 38.8 Å². The van der Waals surface area contributed by atoms with Crippen molar-refractivity contribution in [2.75, 3.05) is 13.8 Å². The van der Waals surface area contributed by atoms with Crippen LogP contribution in [0.25, 0.3) is 6.08 Å². The standard InChI is InChI=1S/C19H15ClF3NO3/c1-24(10-12-2-5-14(6-3-12)19(21,22)23)17(25)7-4-13-8-15(20)18-16(9-13)26-11-27-18/h2-9H,10-11H2,1H3/b7-4+. The van der Waals surface area contributed by atoms with Gasteiger partial charge in [0.15, 0.2) is 11.5 Å². The zero-order valence-corrected chi connectivity index (χ0v) is 15.0. The third-order valence-corrected chi connectivity index (χ3v) is 4.23. The number of fused-ring (bicyclic) bond motifs is 1. The number of hydrogen-bond acceptors (Lipinski definition) is 3. The summed E-state index contributed by atoms with van der Waals surface area (Å²) in [7, 11) is 1.57. The molecule has 0 spiro atoms. The molecule has 0 aliphatic carbocycles. The lowest BCUT2D eigenvalue weighted by atomic mass is 10.1. The molecule has 27 heavy (non-hydrogen) atoms. The van der Waals surface area contributed by atoms with E-state index in [4.69, 9.17) is 21.1 Å². The molecule has 1 aliphatic heterocycles. The predicted molar refractivity (Wildman–Crippen MR) is 94.5 cm³/mol.